The average molecular weight is 270 g/mol. The molecule has 4 rings (SSSR count). The van der Waals surface area contributed by atoms with Crippen LogP contribution in [0.3, 0.4) is 0 Å². The Labute approximate surface area is 120 Å². The first kappa shape index (κ1) is 12.6. The maximum Gasteiger partial charge on any atom is 0.0834 e. The van der Waals surface area contributed by atoms with E-state index in [9.17, 15) is 5.11 Å². The van der Waals surface area contributed by atoms with E-state index in [4.69, 9.17) is 0 Å². The van der Waals surface area contributed by atoms with Crippen molar-refractivity contribution in [1.29, 1.82) is 0 Å². The van der Waals surface area contributed by atoms with E-state index in [0.29, 0.717) is 0 Å². The summed E-state index contributed by atoms with van der Waals surface area (Å²) in [7, 11) is 0. The lowest BCUT2D eigenvalue weighted by Gasteiger charge is -2.40. The van der Waals surface area contributed by atoms with Crippen molar-refractivity contribution in [3.05, 3.63) is 47.5 Å². The van der Waals surface area contributed by atoms with Crippen molar-refractivity contribution >= 4 is 0 Å². The summed E-state index contributed by atoms with van der Waals surface area (Å²) in [5, 5.41) is 14.6. The minimum Gasteiger partial charge on any atom is -0.390 e. The van der Waals surface area contributed by atoms with Gasteiger partial charge in [-0.15, -0.1) is 0 Å². The van der Waals surface area contributed by atoms with Crippen LogP contribution in [0.4, 0.5) is 0 Å². The van der Waals surface area contributed by atoms with Crippen LogP contribution in [-0.2, 0) is 5.41 Å². The number of hydrogen-bond acceptors (Lipinski definition) is 3. The maximum atomic E-state index is 11.1. The van der Waals surface area contributed by atoms with Gasteiger partial charge in [0, 0.05) is 18.5 Å². The fraction of sp³-hybridized carbons (Fsp3) is 0.529. The number of nitrogens with one attached hydrogen (secondary N) is 1. The quantitative estimate of drug-likeness (QED) is 0.761. The molecule has 1 spiro atoms. The Hall–Kier alpha value is -1.16. The van der Waals surface area contributed by atoms with E-state index in [-0.39, 0.29) is 17.6 Å². The molecule has 20 heavy (non-hydrogen) atoms. The minimum absolute atomic E-state index is 0.0326. The van der Waals surface area contributed by atoms with Crippen molar-refractivity contribution in [1.82, 2.24) is 10.2 Å². The normalized spacial score (nSPS) is 31.9. The number of fused-ring (bicyclic) bond motifs is 2. The molecule has 3 heteroatoms. The van der Waals surface area contributed by atoms with Gasteiger partial charge < -0.3 is 10.4 Å². The van der Waals surface area contributed by atoms with Gasteiger partial charge in [0.1, 0.15) is 0 Å². The molecule has 2 heterocycles. The molecule has 1 aliphatic carbocycles. The average Bonchev–Trinajstić information content (AvgIpc) is 3.09. The van der Waals surface area contributed by atoms with Crippen LogP contribution in [0.15, 0.2) is 36.4 Å². The second-order valence-corrected chi connectivity index (χ2v) is 6.31. The van der Waals surface area contributed by atoms with Crippen LogP contribution >= 0.6 is 0 Å². The van der Waals surface area contributed by atoms with Crippen molar-refractivity contribution in [2.24, 2.45) is 0 Å². The summed E-state index contributed by atoms with van der Waals surface area (Å²) in [5.41, 5.74) is 2.71. The lowest BCUT2D eigenvalue weighted by molar-refractivity contribution is 0.00745. The predicted molar refractivity (Wildman–Crippen MR) is 79.7 cm³/mol. The lowest BCUT2D eigenvalue weighted by atomic mass is 9.72. The number of benzene rings is 1. The summed E-state index contributed by atoms with van der Waals surface area (Å²) in [6, 6.07) is 8.87. The largest absolute Gasteiger partial charge is 0.390 e. The second kappa shape index (κ2) is 4.69. The molecule has 0 unspecified atom stereocenters. The number of nitrogens with zero attached hydrogens (tertiary/aromatic N) is 1. The Morgan fingerprint density at radius 2 is 1.80 bits per heavy atom. The number of aliphatic hydroxyl groups is 1. The van der Waals surface area contributed by atoms with Gasteiger partial charge in [-0.25, -0.2) is 0 Å². The van der Waals surface area contributed by atoms with Gasteiger partial charge >= 0.3 is 0 Å². The Balaban J connectivity index is 1.79. The molecular weight excluding hydrogens is 248 g/mol. The van der Waals surface area contributed by atoms with E-state index in [0.717, 1.165) is 39.0 Å². The van der Waals surface area contributed by atoms with Crippen molar-refractivity contribution in [3.8, 4) is 0 Å². The molecule has 0 aromatic heterocycles. The van der Waals surface area contributed by atoms with E-state index in [1.54, 1.807) is 0 Å². The third-order valence-electron chi connectivity index (χ3n) is 5.42. The first-order chi connectivity index (χ1) is 9.83. The van der Waals surface area contributed by atoms with E-state index < -0.39 is 0 Å². The summed E-state index contributed by atoms with van der Waals surface area (Å²) in [6.45, 7) is 3.95. The van der Waals surface area contributed by atoms with Gasteiger partial charge in [0.2, 0.25) is 0 Å². The van der Waals surface area contributed by atoms with Crippen molar-refractivity contribution in [2.75, 3.05) is 26.2 Å². The molecule has 3 nitrogen and oxygen atoms in total. The highest BCUT2D eigenvalue weighted by molar-refractivity contribution is 5.45. The monoisotopic (exact) mass is 270 g/mol. The number of piperidine rings is 1. The van der Waals surface area contributed by atoms with Crippen LogP contribution in [-0.4, -0.2) is 42.3 Å². The zero-order valence-corrected chi connectivity index (χ0v) is 11.8. The van der Waals surface area contributed by atoms with Crippen molar-refractivity contribution in [2.45, 2.75) is 30.4 Å². The van der Waals surface area contributed by atoms with Gasteiger partial charge in [0.05, 0.1) is 12.1 Å². The Bertz CT molecular complexity index is 526. The molecule has 2 N–H and O–H groups in total. The maximum absolute atomic E-state index is 11.1. The molecule has 2 aliphatic heterocycles. The molecule has 1 saturated heterocycles. The van der Waals surface area contributed by atoms with Crippen LogP contribution in [0, 0.1) is 0 Å². The van der Waals surface area contributed by atoms with Gasteiger partial charge in [-0.2, -0.15) is 0 Å². The summed E-state index contributed by atoms with van der Waals surface area (Å²) < 4.78 is 0. The van der Waals surface area contributed by atoms with Crippen LogP contribution in [0.5, 0.6) is 0 Å². The Kier molecular flexibility index (Phi) is 2.95. The third-order valence-corrected chi connectivity index (χ3v) is 5.42. The topological polar surface area (TPSA) is 35.5 Å². The zero-order valence-electron chi connectivity index (χ0n) is 11.8. The standard InChI is InChI=1S/C17H22N2O/c20-16-15(19-11-3-4-12-19)13-5-1-2-6-14(13)17(16)7-9-18-10-8-17/h1-6,15-16,18,20H,7-12H2/t15-,16+/m1/s1. The molecular formula is C17H22N2O. The Morgan fingerprint density at radius 1 is 1.10 bits per heavy atom. The summed E-state index contributed by atoms with van der Waals surface area (Å²) >= 11 is 0. The molecule has 106 valence electrons. The molecule has 0 bridgehead atoms. The van der Waals surface area contributed by atoms with Crippen molar-refractivity contribution in [3.63, 3.8) is 0 Å². The second-order valence-electron chi connectivity index (χ2n) is 6.31. The first-order valence-electron chi connectivity index (χ1n) is 7.70. The van der Waals surface area contributed by atoms with Gasteiger partial charge in [-0.1, -0.05) is 36.4 Å². The van der Waals surface area contributed by atoms with E-state index in [1.807, 2.05) is 0 Å². The molecule has 3 aliphatic rings. The molecule has 0 amide bonds. The van der Waals surface area contributed by atoms with Gasteiger partial charge in [0.25, 0.3) is 0 Å². The Morgan fingerprint density at radius 3 is 2.55 bits per heavy atom. The molecule has 0 saturated carbocycles. The van der Waals surface area contributed by atoms with E-state index in [2.05, 4.69) is 46.6 Å². The van der Waals surface area contributed by atoms with Crippen LogP contribution in [0.25, 0.3) is 0 Å². The van der Waals surface area contributed by atoms with E-state index in [1.165, 1.54) is 11.1 Å². The fourth-order valence-corrected chi connectivity index (χ4v) is 4.40. The highest BCUT2D eigenvalue weighted by Gasteiger charge is 2.53. The van der Waals surface area contributed by atoms with Crippen LogP contribution in [0.2, 0.25) is 0 Å². The molecule has 1 fully saturated rings. The highest BCUT2D eigenvalue weighted by atomic mass is 16.3. The van der Waals surface area contributed by atoms with Gasteiger partial charge in [0.15, 0.2) is 0 Å². The molecule has 0 radical (unpaired) electrons. The smallest absolute Gasteiger partial charge is 0.0834 e. The lowest BCUT2D eigenvalue weighted by Crippen LogP contribution is -2.48. The third kappa shape index (κ3) is 1.63. The first-order valence-corrected chi connectivity index (χ1v) is 7.70. The highest BCUT2D eigenvalue weighted by Crippen LogP contribution is 2.52. The minimum atomic E-state index is -0.276. The summed E-state index contributed by atoms with van der Waals surface area (Å²) in [6.07, 6.45) is 6.24. The fourth-order valence-electron chi connectivity index (χ4n) is 4.40. The molecule has 1 aromatic carbocycles. The summed E-state index contributed by atoms with van der Waals surface area (Å²) in [5.74, 6) is 0. The predicted octanol–water partition coefficient (Wildman–Crippen LogP) is 1.60. The zero-order chi connectivity index (χ0) is 13.6. The SMILES string of the molecule is O[C@H]1[C@H](N2CC=CC2)c2ccccc2C12CCNCC2. The van der Waals surface area contributed by atoms with Crippen molar-refractivity contribution < 1.29 is 5.11 Å². The van der Waals surface area contributed by atoms with Crippen LogP contribution < -0.4 is 5.32 Å². The van der Waals surface area contributed by atoms with E-state index >= 15 is 0 Å². The van der Waals surface area contributed by atoms with Gasteiger partial charge in [-0.3, -0.25) is 4.90 Å². The molecule has 1 aromatic rings. The molecule has 2 atom stereocenters. The number of aliphatic hydroxyl groups excluding tert-OH is 1. The van der Waals surface area contributed by atoms with Gasteiger partial charge in [-0.05, 0) is 37.1 Å². The van der Waals surface area contributed by atoms with Crippen LogP contribution in [0.1, 0.15) is 30.0 Å². The number of hydrogen-bond donors (Lipinski definition) is 2. The summed E-state index contributed by atoms with van der Waals surface area (Å²) in [4.78, 5) is 2.40. The number of rotatable bonds is 1.